The first-order valence-electron chi connectivity index (χ1n) is 9.06. The molecule has 30 heavy (non-hydrogen) atoms. The highest BCUT2D eigenvalue weighted by Gasteiger charge is 2.15. The summed E-state index contributed by atoms with van der Waals surface area (Å²) >= 11 is 1.17. The van der Waals surface area contributed by atoms with Gasteiger partial charge in [-0.25, -0.2) is 19.4 Å². The molecule has 0 unspecified atom stereocenters. The number of benzene rings is 2. The van der Waals surface area contributed by atoms with Crippen molar-refractivity contribution in [3.05, 3.63) is 72.6 Å². The first-order chi connectivity index (χ1) is 14.7. The number of hydrogen-bond acceptors (Lipinski definition) is 7. The van der Waals surface area contributed by atoms with E-state index in [1.54, 1.807) is 28.9 Å². The highest BCUT2D eigenvalue weighted by molar-refractivity contribution is 8.00. The zero-order chi connectivity index (χ0) is 20.8. The van der Waals surface area contributed by atoms with Gasteiger partial charge in [-0.15, -0.1) is 5.10 Å². The van der Waals surface area contributed by atoms with E-state index in [1.165, 1.54) is 18.1 Å². The van der Waals surface area contributed by atoms with Gasteiger partial charge in [0.1, 0.15) is 11.4 Å². The van der Waals surface area contributed by atoms with Gasteiger partial charge in [0.25, 0.3) is 0 Å². The number of aromatic nitrogens is 5. The van der Waals surface area contributed by atoms with Gasteiger partial charge in [-0.2, -0.15) is 0 Å². The Morgan fingerprint density at radius 3 is 2.47 bits per heavy atom. The topological polar surface area (TPSA) is 115 Å². The molecule has 0 radical (unpaired) electrons. The molecule has 0 saturated heterocycles. The first kappa shape index (κ1) is 19.5. The molecule has 2 heterocycles. The number of urea groups is 1. The van der Waals surface area contributed by atoms with Crippen LogP contribution in [0, 0.1) is 0 Å². The Hall–Kier alpha value is -3.79. The quantitative estimate of drug-likeness (QED) is 0.365. The molecule has 10 heteroatoms. The Morgan fingerprint density at radius 1 is 0.967 bits per heavy atom. The number of rotatable bonds is 6. The molecule has 4 aromatic rings. The Bertz CT molecular complexity index is 1170. The largest absolute Gasteiger partial charge is 0.325 e. The van der Waals surface area contributed by atoms with Crippen molar-refractivity contribution in [2.45, 2.75) is 11.6 Å². The van der Waals surface area contributed by atoms with Gasteiger partial charge in [0.15, 0.2) is 11.2 Å². The molecule has 0 fully saturated rings. The number of amides is 3. The molecule has 3 amide bonds. The third-order valence-corrected chi connectivity index (χ3v) is 5.05. The summed E-state index contributed by atoms with van der Waals surface area (Å²) in [6, 6.07) is 18.1. The minimum atomic E-state index is -0.589. The van der Waals surface area contributed by atoms with Crippen LogP contribution in [0.25, 0.3) is 11.2 Å². The fourth-order valence-corrected chi connectivity index (χ4v) is 3.45. The van der Waals surface area contributed by atoms with Crippen molar-refractivity contribution < 1.29 is 9.59 Å². The van der Waals surface area contributed by atoms with E-state index < -0.39 is 11.9 Å². The van der Waals surface area contributed by atoms with Crippen LogP contribution < -0.4 is 10.6 Å². The fraction of sp³-hybridized carbons (Fsp3) is 0.100. The third-order valence-electron chi connectivity index (χ3n) is 4.07. The number of fused-ring (bicyclic) bond motifs is 1. The fourth-order valence-electron chi connectivity index (χ4n) is 2.72. The second-order valence-corrected chi connectivity index (χ2v) is 7.20. The number of anilines is 1. The van der Waals surface area contributed by atoms with Crippen LogP contribution in [-0.4, -0.2) is 42.7 Å². The number of hydrogen-bond donors (Lipinski definition) is 2. The lowest BCUT2D eigenvalue weighted by Gasteiger charge is -2.06. The zero-order valence-corrected chi connectivity index (χ0v) is 16.5. The SMILES string of the molecule is O=C(CSc1ncnc2c1nnn2Cc1ccccc1)NC(=O)Nc1ccccc1. The number of nitrogens with zero attached hydrogens (tertiary/aromatic N) is 5. The molecule has 4 rings (SSSR count). The van der Waals surface area contributed by atoms with Gasteiger partial charge in [-0.3, -0.25) is 10.1 Å². The van der Waals surface area contributed by atoms with E-state index >= 15 is 0 Å². The van der Waals surface area contributed by atoms with E-state index in [2.05, 4.69) is 30.9 Å². The second kappa shape index (κ2) is 9.14. The Labute approximate surface area is 175 Å². The van der Waals surface area contributed by atoms with Gasteiger partial charge in [-0.05, 0) is 17.7 Å². The standard InChI is InChI=1S/C20H17N7O2S/c28-16(24-20(29)23-15-9-5-2-6-10-15)12-30-19-17-18(21-13-22-19)27(26-25-17)11-14-7-3-1-4-8-14/h1-10,13H,11-12H2,(H2,23,24,28,29). The summed E-state index contributed by atoms with van der Waals surface area (Å²) in [6.45, 7) is 0.526. The molecule has 0 aliphatic carbocycles. The smallest absolute Gasteiger partial charge is 0.308 e. The maximum Gasteiger partial charge on any atom is 0.325 e. The van der Waals surface area contributed by atoms with Crippen LogP contribution in [0.2, 0.25) is 0 Å². The summed E-state index contributed by atoms with van der Waals surface area (Å²) in [6.07, 6.45) is 1.41. The summed E-state index contributed by atoms with van der Waals surface area (Å²) in [5.41, 5.74) is 2.77. The molecular formula is C20H17N7O2S. The van der Waals surface area contributed by atoms with Crippen LogP contribution in [-0.2, 0) is 11.3 Å². The van der Waals surface area contributed by atoms with E-state index in [0.29, 0.717) is 28.4 Å². The number of carbonyl (C=O) groups is 2. The van der Waals surface area contributed by atoms with Gasteiger partial charge in [0.05, 0.1) is 12.3 Å². The van der Waals surface area contributed by atoms with Crippen molar-refractivity contribution in [2.24, 2.45) is 0 Å². The normalized spacial score (nSPS) is 10.7. The van der Waals surface area contributed by atoms with Gasteiger partial charge in [-0.1, -0.05) is 65.5 Å². The molecule has 2 aromatic heterocycles. The molecule has 2 aromatic carbocycles. The molecule has 0 spiro atoms. The van der Waals surface area contributed by atoms with E-state index in [-0.39, 0.29) is 5.75 Å². The molecule has 0 atom stereocenters. The lowest BCUT2D eigenvalue weighted by Crippen LogP contribution is -2.35. The maximum absolute atomic E-state index is 12.1. The highest BCUT2D eigenvalue weighted by Crippen LogP contribution is 2.22. The van der Waals surface area contributed by atoms with Crippen molar-refractivity contribution in [1.82, 2.24) is 30.3 Å². The van der Waals surface area contributed by atoms with E-state index in [0.717, 1.165) is 5.56 Å². The monoisotopic (exact) mass is 419 g/mol. The van der Waals surface area contributed by atoms with Gasteiger partial charge >= 0.3 is 6.03 Å². The zero-order valence-electron chi connectivity index (χ0n) is 15.7. The maximum atomic E-state index is 12.1. The number of nitrogens with one attached hydrogen (secondary N) is 2. The molecule has 150 valence electrons. The summed E-state index contributed by atoms with van der Waals surface area (Å²) in [7, 11) is 0. The van der Waals surface area contributed by atoms with Gasteiger partial charge < -0.3 is 5.32 Å². The second-order valence-electron chi connectivity index (χ2n) is 6.24. The Morgan fingerprint density at radius 2 is 1.70 bits per heavy atom. The van der Waals surface area contributed by atoms with E-state index in [1.807, 2.05) is 36.4 Å². The summed E-state index contributed by atoms with van der Waals surface area (Å²) < 4.78 is 1.68. The minimum Gasteiger partial charge on any atom is -0.308 e. The first-order valence-corrected chi connectivity index (χ1v) is 10.0. The highest BCUT2D eigenvalue weighted by atomic mass is 32.2. The number of carbonyl (C=O) groups excluding carboxylic acids is 2. The third kappa shape index (κ3) is 4.78. The van der Waals surface area contributed by atoms with Crippen molar-refractivity contribution in [3.8, 4) is 0 Å². The number of imide groups is 1. The Kier molecular flexibility index (Phi) is 5.95. The summed E-state index contributed by atoms with van der Waals surface area (Å²) in [4.78, 5) is 32.5. The molecule has 0 bridgehead atoms. The van der Waals surface area contributed by atoms with Gasteiger partial charge in [0, 0.05) is 5.69 Å². The van der Waals surface area contributed by atoms with E-state index in [9.17, 15) is 9.59 Å². The minimum absolute atomic E-state index is 0.000131. The average Bonchev–Trinajstić information content (AvgIpc) is 3.17. The molecule has 0 aliphatic heterocycles. The number of para-hydroxylation sites is 1. The van der Waals surface area contributed by atoms with Crippen molar-refractivity contribution >= 4 is 40.6 Å². The van der Waals surface area contributed by atoms with Crippen LogP contribution >= 0.6 is 11.8 Å². The van der Waals surface area contributed by atoms with Crippen molar-refractivity contribution in [1.29, 1.82) is 0 Å². The van der Waals surface area contributed by atoms with Crippen molar-refractivity contribution in [2.75, 3.05) is 11.1 Å². The molecular weight excluding hydrogens is 402 g/mol. The Balaban J connectivity index is 1.38. The summed E-state index contributed by atoms with van der Waals surface area (Å²) in [5.74, 6) is -0.447. The number of thioether (sulfide) groups is 1. The van der Waals surface area contributed by atoms with E-state index in [4.69, 9.17) is 0 Å². The van der Waals surface area contributed by atoms with Crippen LogP contribution in [0.1, 0.15) is 5.56 Å². The molecule has 9 nitrogen and oxygen atoms in total. The molecule has 2 N–H and O–H groups in total. The van der Waals surface area contributed by atoms with Crippen LogP contribution in [0.4, 0.5) is 10.5 Å². The lowest BCUT2D eigenvalue weighted by atomic mass is 10.2. The lowest BCUT2D eigenvalue weighted by molar-refractivity contribution is -0.117. The molecule has 0 aliphatic rings. The average molecular weight is 419 g/mol. The predicted molar refractivity (Wildman–Crippen MR) is 113 cm³/mol. The predicted octanol–water partition coefficient (Wildman–Crippen LogP) is 2.71. The molecule has 0 saturated carbocycles. The van der Waals surface area contributed by atoms with Crippen LogP contribution in [0.5, 0.6) is 0 Å². The van der Waals surface area contributed by atoms with Gasteiger partial charge in [0.2, 0.25) is 5.91 Å². The summed E-state index contributed by atoms with van der Waals surface area (Å²) in [5, 5.41) is 13.7. The van der Waals surface area contributed by atoms with Crippen LogP contribution in [0.3, 0.4) is 0 Å². The van der Waals surface area contributed by atoms with Crippen LogP contribution in [0.15, 0.2) is 72.0 Å². The van der Waals surface area contributed by atoms with Crippen molar-refractivity contribution in [3.63, 3.8) is 0 Å².